The van der Waals surface area contributed by atoms with Crippen molar-refractivity contribution in [1.82, 2.24) is 20.2 Å². The van der Waals surface area contributed by atoms with E-state index in [2.05, 4.69) is 20.2 Å². The van der Waals surface area contributed by atoms with E-state index in [9.17, 15) is 4.79 Å². The Hall–Kier alpha value is -2.34. The van der Waals surface area contributed by atoms with Crippen LogP contribution in [0.25, 0.3) is 0 Å². The highest BCUT2D eigenvalue weighted by atomic mass is 35.5. The monoisotopic (exact) mass is 331 g/mol. The van der Waals surface area contributed by atoms with Crippen LogP contribution in [0.5, 0.6) is 0 Å². The summed E-state index contributed by atoms with van der Waals surface area (Å²) in [6.45, 7) is 3.25. The molecule has 0 unspecified atom stereocenters. The zero-order valence-corrected chi connectivity index (χ0v) is 13.4. The van der Waals surface area contributed by atoms with Gasteiger partial charge >= 0.3 is 6.03 Å². The number of nitrogens with zero attached hydrogens (tertiary/aromatic N) is 4. The number of urea groups is 1. The maximum atomic E-state index is 12.3. The molecule has 1 fully saturated rings. The van der Waals surface area contributed by atoms with Crippen molar-refractivity contribution in [3.8, 4) is 0 Å². The molecule has 0 radical (unpaired) electrons. The maximum Gasteiger partial charge on any atom is 0.317 e. The first-order valence-corrected chi connectivity index (χ1v) is 7.89. The van der Waals surface area contributed by atoms with E-state index in [1.165, 1.54) is 0 Å². The molecule has 1 aliphatic heterocycles. The number of rotatable bonds is 3. The van der Waals surface area contributed by atoms with Crippen molar-refractivity contribution in [2.75, 3.05) is 31.1 Å². The third-order valence-electron chi connectivity index (χ3n) is 3.83. The molecule has 2 amide bonds. The van der Waals surface area contributed by atoms with E-state index in [-0.39, 0.29) is 6.03 Å². The van der Waals surface area contributed by atoms with Gasteiger partial charge in [0.1, 0.15) is 5.82 Å². The Morgan fingerprint density at radius 3 is 2.65 bits per heavy atom. The molecule has 1 aromatic carbocycles. The fourth-order valence-corrected chi connectivity index (χ4v) is 2.72. The molecule has 3 rings (SSSR count). The zero-order valence-electron chi connectivity index (χ0n) is 12.7. The average molecular weight is 332 g/mol. The second-order valence-electron chi connectivity index (χ2n) is 5.29. The van der Waals surface area contributed by atoms with Crippen molar-refractivity contribution in [3.05, 3.63) is 53.4 Å². The molecular weight excluding hydrogens is 314 g/mol. The minimum absolute atomic E-state index is 0.0660. The molecule has 23 heavy (non-hydrogen) atoms. The van der Waals surface area contributed by atoms with Crippen LogP contribution in [0.2, 0.25) is 5.02 Å². The molecule has 0 bridgehead atoms. The van der Waals surface area contributed by atoms with E-state index in [4.69, 9.17) is 11.6 Å². The van der Waals surface area contributed by atoms with Crippen LogP contribution in [0.3, 0.4) is 0 Å². The summed E-state index contributed by atoms with van der Waals surface area (Å²) < 4.78 is 0. The van der Waals surface area contributed by atoms with Crippen molar-refractivity contribution in [2.45, 2.75) is 6.54 Å². The molecule has 1 saturated heterocycles. The predicted molar refractivity (Wildman–Crippen MR) is 89.5 cm³/mol. The number of halogens is 1. The van der Waals surface area contributed by atoms with Crippen molar-refractivity contribution < 1.29 is 4.79 Å². The predicted octanol–water partition coefficient (Wildman–Crippen LogP) is 2.16. The van der Waals surface area contributed by atoms with Gasteiger partial charge in [-0.2, -0.15) is 0 Å². The number of benzene rings is 1. The third-order valence-corrected chi connectivity index (χ3v) is 4.20. The maximum absolute atomic E-state index is 12.3. The minimum atomic E-state index is -0.0660. The summed E-state index contributed by atoms with van der Waals surface area (Å²) in [4.78, 5) is 24.6. The van der Waals surface area contributed by atoms with Crippen LogP contribution in [0.4, 0.5) is 10.6 Å². The van der Waals surface area contributed by atoms with Gasteiger partial charge in [0.25, 0.3) is 0 Å². The molecule has 0 aliphatic carbocycles. The van der Waals surface area contributed by atoms with Gasteiger partial charge in [-0.1, -0.05) is 29.8 Å². The van der Waals surface area contributed by atoms with Gasteiger partial charge < -0.3 is 15.1 Å². The lowest BCUT2D eigenvalue weighted by Gasteiger charge is -2.35. The molecule has 6 nitrogen and oxygen atoms in total. The van der Waals surface area contributed by atoms with E-state index < -0.39 is 0 Å². The van der Waals surface area contributed by atoms with Crippen LogP contribution in [0, 0.1) is 0 Å². The molecule has 2 heterocycles. The van der Waals surface area contributed by atoms with Crippen LogP contribution >= 0.6 is 11.6 Å². The molecule has 120 valence electrons. The number of hydrogen-bond donors (Lipinski definition) is 1. The first-order valence-electron chi connectivity index (χ1n) is 7.51. The number of nitrogens with one attached hydrogen (secondary N) is 1. The number of anilines is 1. The van der Waals surface area contributed by atoms with Gasteiger partial charge in [-0.05, 0) is 11.6 Å². The second kappa shape index (κ2) is 7.28. The van der Waals surface area contributed by atoms with Crippen molar-refractivity contribution in [3.63, 3.8) is 0 Å². The second-order valence-corrected chi connectivity index (χ2v) is 5.70. The van der Waals surface area contributed by atoms with Crippen LogP contribution in [0.15, 0.2) is 42.9 Å². The number of hydrogen-bond acceptors (Lipinski definition) is 4. The van der Waals surface area contributed by atoms with Gasteiger partial charge in [-0.3, -0.25) is 4.98 Å². The standard InChI is InChI=1S/C16H18ClN5O/c17-14-4-2-1-3-13(14)11-20-16(23)22-9-7-21(8-10-22)15-12-18-5-6-19-15/h1-6,12H,7-11H2,(H,20,23). The minimum Gasteiger partial charge on any atom is -0.352 e. The summed E-state index contributed by atoms with van der Waals surface area (Å²) in [5.74, 6) is 0.851. The molecule has 0 spiro atoms. The van der Waals surface area contributed by atoms with Gasteiger partial charge in [-0.15, -0.1) is 0 Å². The highest BCUT2D eigenvalue weighted by Gasteiger charge is 2.21. The van der Waals surface area contributed by atoms with Gasteiger partial charge in [0.15, 0.2) is 0 Å². The Kier molecular flexibility index (Phi) is 4.92. The molecule has 1 N–H and O–H groups in total. The van der Waals surface area contributed by atoms with E-state index in [1.807, 2.05) is 29.2 Å². The van der Waals surface area contributed by atoms with Gasteiger partial charge in [-0.25, -0.2) is 9.78 Å². The molecule has 1 aromatic heterocycles. The lowest BCUT2D eigenvalue weighted by atomic mass is 10.2. The van der Waals surface area contributed by atoms with Crippen molar-refractivity contribution in [1.29, 1.82) is 0 Å². The molecule has 1 aliphatic rings. The Balaban J connectivity index is 1.50. The number of carbonyl (C=O) groups is 1. The van der Waals surface area contributed by atoms with Crippen LogP contribution in [-0.4, -0.2) is 47.1 Å². The topological polar surface area (TPSA) is 61.4 Å². The molecule has 0 atom stereocenters. The zero-order chi connectivity index (χ0) is 16.1. The SMILES string of the molecule is O=C(NCc1ccccc1Cl)N1CCN(c2cnccn2)CC1. The Morgan fingerprint density at radius 1 is 1.17 bits per heavy atom. The smallest absolute Gasteiger partial charge is 0.317 e. The van der Waals surface area contributed by atoms with E-state index in [1.54, 1.807) is 18.6 Å². The average Bonchev–Trinajstić information content (AvgIpc) is 2.62. The van der Waals surface area contributed by atoms with E-state index in [0.717, 1.165) is 24.5 Å². The fourth-order valence-electron chi connectivity index (χ4n) is 2.52. The number of carbonyl (C=O) groups excluding carboxylic acids is 1. The van der Waals surface area contributed by atoms with Gasteiger partial charge in [0.05, 0.1) is 6.20 Å². The van der Waals surface area contributed by atoms with Gasteiger partial charge in [0.2, 0.25) is 0 Å². The third kappa shape index (κ3) is 3.90. The summed E-state index contributed by atoms with van der Waals surface area (Å²) in [5.41, 5.74) is 0.917. The van der Waals surface area contributed by atoms with Crippen LogP contribution < -0.4 is 10.2 Å². The van der Waals surface area contributed by atoms with E-state index in [0.29, 0.717) is 24.7 Å². The molecule has 2 aromatic rings. The first-order chi connectivity index (χ1) is 11.2. The fraction of sp³-hybridized carbons (Fsp3) is 0.312. The quantitative estimate of drug-likeness (QED) is 0.936. The number of aromatic nitrogens is 2. The lowest BCUT2D eigenvalue weighted by molar-refractivity contribution is 0.194. The molecule has 7 heteroatoms. The first kappa shape index (κ1) is 15.6. The summed E-state index contributed by atoms with van der Waals surface area (Å²) in [6, 6.07) is 7.45. The molecule has 0 saturated carbocycles. The van der Waals surface area contributed by atoms with Crippen molar-refractivity contribution in [2.24, 2.45) is 0 Å². The Labute approximate surface area is 140 Å². The Bertz CT molecular complexity index is 659. The van der Waals surface area contributed by atoms with E-state index >= 15 is 0 Å². The number of amides is 2. The summed E-state index contributed by atoms with van der Waals surface area (Å²) >= 11 is 6.10. The molecular formula is C16H18ClN5O. The highest BCUT2D eigenvalue weighted by molar-refractivity contribution is 6.31. The normalized spacial score (nSPS) is 14.7. The number of piperazine rings is 1. The van der Waals surface area contributed by atoms with Crippen LogP contribution in [0.1, 0.15) is 5.56 Å². The lowest BCUT2D eigenvalue weighted by Crippen LogP contribution is -2.51. The summed E-state index contributed by atoms with van der Waals surface area (Å²) in [5, 5.41) is 3.59. The van der Waals surface area contributed by atoms with Gasteiger partial charge in [0, 0.05) is 50.1 Å². The highest BCUT2D eigenvalue weighted by Crippen LogP contribution is 2.15. The Morgan fingerprint density at radius 2 is 1.96 bits per heavy atom. The summed E-state index contributed by atoms with van der Waals surface area (Å²) in [6.07, 6.45) is 5.08. The summed E-state index contributed by atoms with van der Waals surface area (Å²) in [7, 11) is 0. The van der Waals surface area contributed by atoms with Crippen molar-refractivity contribution >= 4 is 23.4 Å². The van der Waals surface area contributed by atoms with Crippen LogP contribution in [-0.2, 0) is 6.54 Å². The largest absolute Gasteiger partial charge is 0.352 e.